The fourth-order valence-electron chi connectivity index (χ4n) is 3.15. The van der Waals surface area contributed by atoms with Crippen LogP contribution in [0.5, 0.6) is 0 Å². The third kappa shape index (κ3) is 1.49. The fraction of sp³-hybridized carbons (Fsp3) is 0.750. The number of nitrogens with zero attached hydrogens (tertiary/aromatic N) is 2. The Morgan fingerprint density at radius 1 is 1.33 bits per heavy atom. The van der Waals surface area contributed by atoms with Gasteiger partial charge in [-0.25, -0.2) is 0 Å². The molecular weight excluding hydrogens is 186 g/mol. The van der Waals surface area contributed by atoms with Crippen LogP contribution < -0.4 is 5.73 Å². The van der Waals surface area contributed by atoms with Gasteiger partial charge in [0.1, 0.15) is 0 Å². The lowest BCUT2D eigenvalue weighted by molar-refractivity contribution is 0.447. The molecule has 1 saturated carbocycles. The smallest absolute Gasteiger partial charge is 0.0634 e. The van der Waals surface area contributed by atoms with E-state index in [1.165, 1.54) is 42.6 Å². The van der Waals surface area contributed by atoms with Crippen molar-refractivity contribution in [1.82, 2.24) is 9.78 Å². The molecule has 0 saturated heterocycles. The topological polar surface area (TPSA) is 43.8 Å². The molecule has 0 unspecified atom stereocenters. The van der Waals surface area contributed by atoms with E-state index in [0.29, 0.717) is 0 Å². The summed E-state index contributed by atoms with van der Waals surface area (Å²) in [5.74, 6) is 0. The number of aryl methyl sites for hydroxylation is 2. The van der Waals surface area contributed by atoms with E-state index in [-0.39, 0.29) is 5.41 Å². The third-order valence-corrected chi connectivity index (χ3v) is 3.99. The first-order chi connectivity index (χ1) is 7.10. The minimum atomic E-state index is 0.225. The van der Waals surface area contributed by atoms with Crippen LogP contribution in [0.15, 0.2) is 0 Å². The van der Waals surface area contributed by atoms with Crippen LogP contribution in [-0.4, -0.2) is 16.3 Å². The molecule has 0 bridgehead atoms. The van der Waals surface area contributed by atoms with E-state index >= 15 is 0 Å². The van der Waals surface area contributed by atoms with E-state index in [4.69, 9.17) is 5.73 Å². The molecule has 1 aliphatic rings. The highest BCUT2D eigenvalue weighted by molar-refractivity contribution is 5.35. The second-order valence-corrected chi connectivity index (χ2v) is 4.86. The lowest BCUT2D eigenvalue weighted by Crippen LogP contribution is -2.33. The van der Waals surface area contributed by atoms with Gasteiger partial charge in [0.25, 0.3) is 0 Å². The van der Waals surface area contributed by atoms with Gasteiger partial charge in [-0.15, -0.1) is 0 Å². The maximum Gasteiger partial charge on any atom is 0.0634 e. The van der Waals surface area contributed by atoms with Crippen molar-refractivity contribution in [2.45, 2.75) is 44.9 Å². The van der Waals surface area contributed by atoms with E-state index in [1.54, 1.807) is 0 Å². The molecule has 15 heavy (non-hydrogen) atoms. The zero-order valence-corrected chi connectivity index (χ0v) is 10.0. The second kappa shape index (κ2) is 3.63. The molecule has 0 aliphatic heterocycles. The predicted molar refractivity (Wildman–Crippen MR) is 61.9 cm³/mol. The summed E-state index contributed by atoms with van der Waals surface area (Å²) < 4.78 is 1.99. The van der Waals surface area contributed by atoms with Gasteiger partial charge in [0.2, 0.25) is 0 Å². The summed E-state index contributed by atoms with van der Waals surface area (Å²) in [5, 5.41) is 4.51. The van der Waals surface area contributed by atoms with E-state index in [2.05, 4.69) is 18.9 Å². The Bertz CT molecular complexity index is 359. The van der Waals surface area contributed by atoms with Crippen molar-refractivity contribution < 1.29 is 0 Å². The predicted octanol–water partition coefficient (Wildman–Crippen LogP) is 1.81. The average Bonchev–Trinajstić information content (AvgIpc) is 2.75. The second-order valence-electron chi connectivity index (χ2n) is 4.86. The van der Waals surface area contributed by atoms with Crippen LogP contribution in [0.4, 0.5) is 0 Å². The van der Waals surface area contributed by atoms with Crippen LogP contribution in [0, 0.1) is 13.8 Å². The van der Waals surface area contributed by atoms with Crippen LogP contribution in [0.2, 0.25) is 0 Å². The monoisotopic (exact) mass is 207 g/mol. The van der Waals surface area contributed by atoms with E-state index in [9.17, 15) is 0 Å². The summed E-state index contributed by atoms with van der Waals surface area (Å²) >= 11 is 0. The Balaban J connectivity index is 2.51. The average molecular weight is 207 g/mol. The lowest BCUT2D eigenvalue weighted by atomic mass is 9.78. The van der Waals surface area contributed by atoms with Crippen LogP contribution in [-0.2, 0) is 12.5 Å². The van der Waals surface area contributed by atoms with E-state index < -0.39 is 0 Å². The Morgan fingerprint density at radius 2 is 1.93 bits per heavy atom. The molecule has 1 heterocycles. The zero-order chi connectivity index (χ0) is 11.1. The van der Waals surface area contributed by atoms with Crippen LogP contribution >= 0.6 is 0 Å². The maximum atomic E-state index is 6.01. The highest BCUT2D eigenvalue weighted by Crippen LogP contribution is 2.42. The third-order valence-electron chi connectivity index (χ3n) is 3.99. The van der Waals surface area contributed by atoms with Crippen molar-refractivity contribution in [2.75, 3.05) is 6.54 Å². The van der Waals surface area contributed by atoms with Crippen molar-refractivity contribution in [2.24, 2.45) is 12.8 Å². The molecule has 0 aromatic carbocycles. The quantitative estimate of drug-likeness (QED) is 0.803. The summed E-state index contributed by atoms with van der Waals surface area (Å²) in [5.41, 5.74) is 10.1. The molecule has 0 spiro atoms. The first-order valence-corrected chi connectivity index (χ1v) is 5.81. The van der Waals surface area contributed by atoms with Gasteiger partial charge in [-0.3, -0.25) is 4.68 Å². The molecule has 84 valence electrons. The molecular formula is C12H21N3. The van der Waals surface area contributed by atoms with Gasteiger partial charge in [0.05, 0.1) is 5.69 Å². The highest BCUT2D eigenvalue weighted by Gasteiger charge is 2.38. The molecule has 0 atom stereocenters. The summed E-state index contributed by atoms with van der Waals surface area (Å²) in [6, 6.07) is 0. The zero-order valence-electron chi connectivity index (χ0n) is 10.0. The van der Waals surface area contributed by atoms with Crippen molar-refractivity contribution >= 4 is 0 Å². The molecule has 2 rings (SSSR count). The van der Waals surface area contributed by atoms with Gasteiger partial charge in [-0.05, 0) is 26.7 Å². The highest BCUT2D eigenvalue weighted by atomic mass is 15.3. The Morgan fingerprint density at radius 3 is 2.33 bits per heavy atom. The van der Waals surface area contributed by atoms with Gasteiger partial charge < -0.3 is 5.73 Å². The van der Waals surface area contributed by atoms with Crippen LogP contribution in [0.25, 0.3) is 0 Å². The van der Waals surface area contributed by atoms with Crippen LogP contribution in [0.3, 0.4) is 0 Å². The molecule has 0 amide bonds. The Labute approximate surface area is 91.7 Å². The molecule has 3 nitrogen and oxygen atoms in total. The number of rotatable bonds is 2. The summed E-state index contributed by atoms with van der Waals surface area (Å²) in [4.78, 5) is 0. The number of hydrogen-bond donors (Lipinski definition) is 1. The summed E-state index contributed by atoms with van der Waals surface area (Å²) in [6.45, 7) is 5.03. The van der Waals surface area contributed by atoms with Gasteiger partial charge in [0.15, 0.2) is 0 Å². The molecule has 2 N–H and O–H groups in total. The van der Waals surface area contributed by atoms with Crippen molar-refractivity contribution in [3.05, 3.63) is 17.0 Å². The summed E-state index contributed by atoms with van der Waals surface area (Å²) in [7, 11) is 2.02. The lowest BCUT2D eigenvalue weighted by Gasteiger charge is -2.28. The number of aromatic nitrogens is 2. The normalized spacial score (nSPS) is 19.7. The SMILES string of the molecule is Cc1nn(C)c(C)c1C1(CN)CCCC1. The van der Waals surface area contributed by atoms with Gasteiger partial charge in [-0.1, -0.05) is 12.8 Å². The van der Waals surface area contributed by atoms with Crippen molar-refractivity contribution in [3.63, 3.8) is 0 Å². The Kier molecular flexibility index (Phi) is 2.59. The van der Waals surface area contributed by atoms with Crippen molar-refractivity contribution in [3.8, 4) is 0 Å². The first kappa shape index (κ1) is 10.7. The fourth-order valence-corrected chi connectivity index (χ4v) is 3.15. The molecule has 3 heteroatoms. The number of hydrogen-bond acceptors (Lipinski definition) is 2. The standard InChI is InChI=1S/C12H21N3/c1-9-11(10(2)15(3)14-9)12(8-13)6-4-5-7-12/h4-8,13H2,1-3H3. The van der Waals surface area contributed by atoms with Crippen molar-refractivity contribution in [1.29, 1.82) is 0 Å². The van der Waals surface area contributed by atoms with E-state index in [1.807, 2.05) is 11.7 Å². The molecule has 1 fully saturated rings. The van der Waals surface area contributed by atoms with Gasteiger partial charge >= 0.3 is 0 Å². The summed E-state index contributed by atoms with van der Waals surface area (Å²) in [6.07, 6.45) is 5.09. The van der Waals surface area contributed by atoms with Gasteiger partial charge in [-0.2, -0.15) is 5.10 Å². The molecule has 1 aromatic heterocycles. The molecule has 1 aromatic rings. The Hall–Kier alpha value is -0.830. The minimum absolute atomic E-state index is 0.225. The van der Waals surface area contributed by atoms with Crippen LogP contribution in [0.1, 0.15) is 42.6 Å². The molecule has 1 aliphatic carbocycles. The number of nitrogens with two attached hydrogens (primary N) is 1. The largest absolute Gasteiger partial charge is 0.330 e. The first-order valence-electron chi connectivity index (χ1n) is 5.81. The maximum absolute atomic E-state index is 6.01. The molecule has 0 radical (unpaired) electrons. The van der Waals surface area contributed by atoms with Gasteiger partial charge in [0, 0.05) is 30.3 Å². The van der Waals surface area contributed by atoms with E-state index in [0.717, 1.165) is 6.54 Å². The minimum Gasteiger partial charge on any atom is -0.330 e.